The van der Waals surface area contributed by atoms with Gasteiger partial charge in [0, 0.05) is 26.2 Å². The largest absolute Gasteiger partial charge is 0.342 e. The number of carbonyl (C=O) groups is 1. The molecule has 1 amide bonds. The van der Waals surface area contributed by atoms with Crippen LogP contribution in [0.5, 0.6) is 0 Å². The van der Waals surface area contributed by atoms with E-state index in [4.69, 9.17) is 5.73 Å². The summed E-state index contributed by atoms with van der Waals surface area (Å²) in [4.78, 5) is 17.2. The maximum atomic E-state index is 12.9. The van der Waals surface area contributed by atoms with Gasteiger partial charge in [0.2, 0.25) is 5.91 Å². The summed E-state index contributed by atoms with van der Waals surface area (Å²) in [5.41, 5.74) is 5.76. The average Bonchev–Trinajstić information content (AvgIpc) is 2.47. The predicted octanol–water partition coefficient (Wildman–Crippen LogP) is 1.70. The third-order valence-corrected chi connectivity index (χ3v) is 5.18. The van der Waals surface area contributed by atoms with Crippen LogP contribution in [-0.2, 0) is 4.79 Å². The number of hydrogen-bond donors (Lipinski definition) is 1. The average molecular weight is 281 g/mol. The van der Waals surface area contributed by atoms with Crippen molar-refractivity contribution >= 4 is 5.91 Å². The number of rotatable bonds is 4. The molecule has 2 aliphatic rings. The van der Waals surface area contributed by atoms with Crippen molar-refractivity contribution in [3.63, 3.8) is 0 Å². The van der Waals surface area contributed by atoms with Crippen LogP contribution in [0.15, 0.2) is 0 Å². The van der Waals surface area contributed by atoms with E-state index in [-0.39, 0.29) is 5.41 Å². The maximum Gasteiger partial charge on any atom is 0.230 e. The van der Waals surface area contributed by atoms with E-state index in [0.717, 1.165) is 51.2 Å². The number of likely N-dealkylation sites (tertiary alicyclic amines) is 1. The fourth-order valence-electron chi connectivity index (χ4n) is 3.90. The zero-order valence-electron chi connectivity index (χ0n) is 13.2. The molecule has 116 valence electrons. The number of carbonyl (C=O) groups excluding carboxylic acids is 1. The Balaban J connectivity index is 1.90. The van der Waals surface area contributed by atoms with E-state index < -0.39 is 0 Å². The monoisotopic (exact) mass is 281 g/mol. The minimum atomic E-state index is -0.230. The highest BCUT2D eigenvalue weighted by Gasteiger charge is 2.41. The molecule has 2 fully saturated rings. The van der Waals surface area contributed by atoms with Crippen molar-refractivity contribution in [3.05, 3.63) is 0 Å². The molecule has 4 nitrogen and oxygen atoms in total. The van der Waals surface area contributed by atoms with Gasteiger partial charge in [-0.1, -0.05) is 19.3 Å². The first-order valence-electron chi connectivity index (χ1n) is 8.21. The van der Waals surface area contributed by atoms with Crippen LogP contribution >= 0.6 is 0 Å². The minimum absolute atomic E-state index is 0.230. The van der Waals surface area contributed by atoms with Gasteiger partial charge in [-0.25, -0.2) is 0 Å². The predicted molar refractivity (Wildman–Crippen MR) is 82.4 cm³/mol. The van der Waals surface area contributed by atoms with E-state index in [1.54, 1.807) is 0 Å². The topological polar surface area (TPSA) is 49.6 Å². The Hall–Kier alpha value is -0.610. The first-order valence-corrected chi connectivity index (χ1v) is 8.21. The first-order chi connectivity index (χ1) is 9.57. The van der Waals surface area contributed by atoms with Crippen LogP contribution in [0.3, 0.4) is 0 Å². The van der Waals surface area contributed by atoms with Crippen LogP contribution in [-0.4, -0.2) is 56.0 Å². The van der Waals surface area contributed by atoms with Crippen LogP contribution in [0.25, 0.3) is 0 Å². The third-order valence-electron chi connectivity index (χ3n) is 5.18. The lowest BCUT2D eigenvalue weighted by Crippen LogP contribution is -2.51. The molecule has 0 aromatic heterocycles. The summed E-state index contributed by atoms with van der Waals surface area (Å²) in [6.07, 6.45) is 7.88. The molecule has 20 heavy (non-hydrogen) atoms. The quantitative estimate of drug-likeness (QED) is 0.853. The molecule has 4 heteroatoms. The number of nitrogens with zero attached hydrogens (tertiary/aromatic N) is 2. The van der Waals surface area contributed by atoms with Gasteiger partial charge in [0.15, 0.2) is 0 Å². The van der Waals surface area contributed by atoms with Crippen LogP contribution < -0.4 is 5.73 Å². The van der Waals surface area contributed by atoms with Crippen molar-refractivity contribution < 1.29 is 4.79 Å². The highest BCUT2D eigenvalue weighted by molar-refractivity contribution is 5.83. The van der Waals surface area contributed by atoms with E-state index in [2.05, 4.69) is 23.9 Å². The Morgan fingerprint density at radius 2 is 1.80 bits per heavy atom. The summed E-state index contributed by atoms with van der Waals surface area (Å²) >= 11 is 0. The fraction of sp³-hybridized carbons (Fsp3) is 0.938. The molecular formula is C16H31N3O. The summed E-state index contributed by atoms with van der Waals surface area (Å²) in [5.74, 6) is 1.09. The van der Waals surface area contributed by atoms with Crippen LogP contribution in [0.2, 0.25) is 0 Å². The van der Waals surface area contributed by atoms with Crippen molar-refractivity contribution in [2.24, 2.45) is 17.1 Å². The molecule has 0 aromatic carbocycles. The smallest absolute Gasteiger partial charge is 0.230 e. The second kappa shape index (κ2) is 6.90. The lowest BCUT2D eigenvalue weighted by molar-refractivity contribution is -0.145. The Morgan fingerprint density at radius 1 is 1.20 bits per heavy atom. The Morgan fingerprint density at radius 3 is 2.30 bits per heavy atom. The van der Waals surface area contributed by atoms with Gasteiger partial charge >= 0.3 is 0 Å². The fourth-order valence-corrected chi connectivity index (χ4v) is 3.90. The Bertz CT molecular complexity index is 316. The van der Waals surface area contributed by atoms with E-state index in [9.17, 15) is 4.79 Å². The van der Waals surface area contributed by atoms with Crippen molar-refractivity contribution in [2.75, 3.05) is 40.3 Å². The third kappa shape index (κ3) is 3.53. The molecule has 1 saturated heterocycles. The van der Waals surface area contributed by atoms with Crippen molar-refractivity contribution in [2.45, 2.75) is 44.9 Å². The van der Waals surface area contributed by atoms with E-state index in [1.165, 1.54) is 19.3 Å². The summed E-state index contributed by atoms with van der Waals surface area (Å²) in [6.45, 7) is 3.53. The molecule has 2 rings (SSSR count). The van der Waals surface area contributed by atoms with Crippen molar-refractivity contribution in [1.82, 2.24) is 9.80 Å². The summed E-state index contributed by atoms with van der Waals surface area (Å²) in [7, 11) is 4.26. The van der Waals surface area contributed by atoms with Gasteiger partial charge in [0.25, 0.3) is 0 Å². The molecule has 0 radical (unpaired) electrons. The molecule has 1 saturated carbocycles. The molecule has 1 aliphatic heterocycles. The van der Waals surface area contributed by atoms with E-state index >= 15 is 0 Å². The van der Waals surface area contributed by atoms with Crippen LogP contribution in [0.1, 0.15) is 44.9 Å². The molecule has 0 atom stereocenters. The van der Waals surface area contributed by atoms with Gasteiger partial charge in [-0.3, -0.25) is 4.79 Å². The minimum Gasteiger partial charge on any atom is -0.342 e. The van der Waals surface area contributed by atoms with Gasteiger partial charge < -0.3 is 15.5 Å². The maximum absolute atomic E-state index is 12.9. The van der Waals surface area contributed by atoms with E-state index in [0.29, 0.717) is 12.5 Å². The molecule has 1 heterocycles. The van der Waals surface area contributed by atoms with Crippen LogP contribution in [0, 0.1) is 11.3 Å². The highest BCUT2D eigenvalue weighted by atomic mass is 16.2. The number of nitrogens with two attached hydrogens (primary N) is 1. The number of amides is 1. The Labute approximate surface area is 123 Å². The number of piperidine rings is 1. The summed E-state index contributed by atoms with van der Waals surface area (Å²) in [5, 5.41) is 0. The lowest BCUT2D eigenvalue weighted by atomic mass is 9.72. The molecule has 2 N–H and O–H groups in total. The summed E-state index contributed by atoms with van der Waals surface area (Å²) < 4.78 is 0. The standard InChI is InChI=1S/C16H31N3O/c1-18(2)12-14-6-10-19(11-7-14)15(20)16(13-17)8-4-3-5-9-16/h14H,3-13,17H2,1-2H3. The molecule has 1 aliphatic carbocycles. The highest BCUT2D eigenvalue weighted by Crippen LogP contribution is 2.38. The summed E-state index contributed by atoms with van der Waals surface area (Å²) in [6, 6.07) is 0. The van der Waals surface area contributed by atoms with Gasteiger partial charge in [0.1, 0.15) is 0 Å². The number of hydrogen-bond acceptors (Lipinski definition) is 3. The second-order valence-electron chi connectivity index (χ2n) is 7.04. The molecule has 0 spiro atoms. The van der Waals surface area contributed by atoms with E-state index in [1.807, 2.05) is 0 Å². The second-order valence-corrected chi connectivity index (χ2v) is 7.04. The molecule has 0 unspecified atom stereocenters. The van der Waals surface area contributed by atoms with Gasteiger partial charge in [-0.05, 0) is 45.7 Å². The van der Waals surface area contributed by atoms with Crippen molar-refractivity contribution in [1.29, 1.82) is 0 Å². The zero-order valence-corrected chi connectivity index (χ0v) is 13.2. The van der Waals surface area contributed by atoms with Crippen molar-refractivity contribution in [3.8, 4) is 0 Å². The SMILES string of the molecule is CN(C)CC1CCN(C(=O)C2(CN)CCCCC2)CC1. The Kier molecular flexibility index (Phi) is 5.44. The molecular weight excluding hydrogens is 250 g/mol. The van der Waals surface area contributed by atoms with Crippen LogP contribution in [0.4, 0.5) is 0 Å². The van der Waals surface area contributed by atoms with Gasteiger partial charge in [0.05, 0.1) is 5.41 Å². The zero-order chi connectivity index (χ0) is 14.6. The molecule has 0 aromatic rings. The molecule has 0 bridgehead atoms. The normalized spacial score (nSPS) is 24.1. The van der Waals surface area contributed by atoms with Gasteiger partial charge in [-0.2, -0.15) is 0 Å². The van der Waals surface area contributed by atoms with Gasteiger partial charge in [-0.15, -0.1) is 0 Å². The lowest BCUT2D eigenvalue weighted by Gasteiger charge is -2.42. The first kappa shape index (κ1) is 15.8.